The number of carbonyl (C=O) groups excluding carboxylic acids is 1. The van der Waals surface area contributed by atoms with Crippen LogP contribution < -0.4 is 4.74 Å². The Hall–Kier alpha value is -2.11. The van der Waals surface area contributed by atoms with Gasteiger partial charge in [-0.1, -0.05) is 6.92 Å². The molecule has 1 aliphatic heterocycles. The molecular weight excluding hydrogens is 277 g/mol. The second-order valence-corrected chi connectivity index (χ2v) is 5.43. The van der Waals surface area contributed by atoms with Crippen LogP contribution in [-0.4, -0.2) is 42.1 Å². The van der Waals surface area contributed by atoms with Crippen LogP contribution >= 0.6 is 0 Å². The number of amides is 1. The fraction of sp³-hybridized carbons (Fsp3) is 0.467. The first-order valence-electron chi connectivity index (χ1n) is 6.78. The van der Waals surface area contributed by atoms with Crippen molar-refractivity contribution in [3.63, 3.8) is 0 Å². The van der Waals surface area contributed by atoms with Gasteiger partial charge in [0.15, 0.2) is 0 Å². The molecule has 1 aromatic rings. The number of hydrogen-bond donors (Lipinski definition) is 1. The van der Waals surface area contributed by atoms with Gasteiger partial charge in [0, 0.05) is 19.2 Å². The number of benzene rings is 1. The highest BCUT2D eigenvalue weighted by Gasteiger charge is 2.33. The van der Waals surface area contributed by atoms with Gasteiger partial charge < -0.3 is 14.7 Å². The minimum absolute atomic E-state index is 0.0611. The summed E-state index contributed by atoms with van der Waals surface area (Å²) in [5.74, 6) is -2.25. The lowest BCUT2D eigenvalue weighted by atomic mass is 9.90. The highest BCUT2D eigenvalue weighted by atomic mass is 19.1. The van der Waals surface area contributed by atoms with Crippen molar-refractivity contribution >= 4 is 11.9 Å². The number of hydrogen-bond acceptors (Lipinski definition) is 3. The Bertz CT molecular complexity index is 561. The Kier molecular flexibility index (Phi) is 4.45. The molecule has 5 nitrogen and oxygen atoms in total. The van der Waals surface area contributed by atoms with Gasteiger partial charge in [-0.25, -0.2) is 4.39 Å². The molecule has 1 saturated heterocycles. The van der Waals surface area contributed by atoms with Crippen molar-refractivity contribution in [1.29, 1.82) is 0 Å². The molecule has 21 heavy (non-hydrogen) atoms. The molecule has 1 fully saturated rings. The van der Waals surface area contributed by atoms with Gasteiger partial charge in [0.25, 0.3) is 5.91 Å². The third-order valence-corrected chi connectivity index (χ3v) is 3.70. The number of carbonyl (C=O) groups is 2. The normalized spacial score (nSPS) is 22.0. The van der Waals surface area contributed by atoms with Gasteiger partial charge in [-0.2, -0.15) is 0 Å². The van der Waals surface area contributed by atoms with E-state index in [0.29, 0.717) is 18.7 Å². The van der Waals surface area contributed by atoms with Gasteiger partial charge >= 0.3 is 5.97 Å². The average Bonchev–Trinajstić information content (AvgIpc) is 2.45. The van der Waals surface area contributed by atoms with Crippen molar-refractivity contribution in [2.24, 2.45) is 11.8 Å². The number of nitrogens with zero attached hydrogens (tertiary/aromatic N) is 1. The Morgan fingerprint density at radius 1 is 1.38 bits per heavy atom. The van der Waals surface area contributed by atoms with Crippen LogP contribution in [0.3, 0.4) is 0 Å². The molecule has 2 unspecified atom stereocenters. The first-order valence-corrected chi connectivity index (χ1v) is 6.78. The second kappa shape index (κ2) is 6.11. The zero-order valence-corrected chi connectivity index (χ0v) is 12.0. The van der Waals surface area contributed by atoms with E-state index in [4.69, 9.17) is 9.84 Å². The van der Waals surface area contributed by atoms with Gasteiger partial charge in [0.1, 0.15) is 11.6 Å². The average molecular weight is 295 g/mol. The molecule has 1 N–H and O–H groups in total. The summed E-state index contributed by atoms with van der Waals surface area (Å²) < 4.78 is 18.8. The Morgan fingerprint density at radius 3 is 2.67 bits per heavy atom. The molecule has 6 heteroatoms. The maximum atomic E-state index is 14.0. The van der Waals surface area contributed by atoms with E-state index in [9.17, 15) is 14.0 Å². The second-order valence-electron chi connectivity index (χ2n) is 5.43. The van der Waals surface area contributed by atoms with Crippen LogP contribution in [0.5, 0.6) is 5.75 Å². The lowest BCUT2D eigenvalue weighted by Crippen LogP contribution is -2.45. The van der Waals surface area contributed by atoms with Crippen LogP contribution in [0.15, 0.2) is 18.2 Å². The Labute approximate surface area is 122 Å². The first-order chi connectivity index (χ1) is 9.92. The summed E-state index contributed by atoms with van der Waals surface area (Å²) in [5, 5.41) is 9.12. The molecule has 0 spiro atoms. The van der Waals surface area contributed by atoms with Crippen LogP contribution in [-0.2, 0) is 4.79 Å². The molecule has 1 heterocycles. The topological polar surface area (TPSA) is 66.8 Å². The Balaban J connectivity index is 2.20. The molecular formula is C15H18FNO4. The van der Waals surface area contributed by atoms with E-state index in [0.717, 1.165) is 6.07 Å². The molecule has 0 aromatic heterocycles. The zero-order chi connectivity index (χ0) is 15.6. The quantitative estimate of drug-likeness (QED) is 0.926. The molecule has 0 radical (unpaired) electrons. The molecule has 1 amide bonds. The Morgan fingerprint density at radius 2 is 2.10 bits per heavy atom. The van der Waals surface area contributed by atoms with Gasteiger partial charge in [-0.15, -0.1) is 0 Å². The summed E-state index contributed by atoms with van der Waals surface area (Å²) in [7, 11) is 1.42. The number of ether oxygens (including phenoxy) is 1. The third kappa shape index (κ3) is 3.32. The SMILES string of the molecule is COc1ccc(C(=O)N2CC(C)CC(C(=O)O)C2)c(F)c1. The van der Waals surface area contributed by atoms with E-state index >= 15 is 0 Å². The van der Waals surface area contributed by atoms with Crippen LogP contribution in [0.4, 0.5) is 4.39 Å². The van der Waals surface area contributed by atoms with Gasteiger partial charge in [-0.3, -0.25) is 9.59 Å². The number of rotatable bonds is 3. The monoisotopic (exact) mass is 295 g/mol. The fourth-order valence-electron chi connectivity index (χ4n) is 2.66. The summed E-state index contributed by atoms with van der Waals surface area (Å²) in [4.78, 5) is 24.9. The van der Waals surface area contributed by atoms with Crippen LogP contribution in [0, 0.1) is 17.7 Å². The summed E-state index contributed by atoms with van der Waals surface area (Å²) in [5.41, 5.74) is -0.0611. The number of carboxylic acid groups (broad SMARTS) is 1. The van der Waals surface area contributed by atoms with Crippen molar-refractivity contribution in [1.82, 2.24) is 4.90 Å². The predicted octanol–water partition coefficient (Wildman–Crippen LogP) is 2.02. The van der Waals surface area contributed by atoms with E-state index in [1.807, 2.05) is 6.92 Å². The number of likely N-dealkylation sites (tertiary alicyclic amines) is 1. The summed E-state index contributed by atoms with van der Waals surface area (Å²) in [6, 6.07) is 4.03. The number of carboxylic acids is 1. The third-order valence-electron chi connectivity index (χ3n) is 3.70. The van der Waals surface area contributed by atoms with Gasteiger partial charge in [-0.05, 0) is 24.5 Å². The molecule has 0 aliphatic carbocycles. The van der Waals surface area contributed by atoms with Crippen molar-refractivity contribution in [2.45, 2.75) is 13.3 Å². The highest BCUT2D eigenvalue weighted by Crippen LogP contribution is 2.25. The molecule has 0 saturated carbocycles. The van der Waals surface area contributed by atoms with E-state index in [-0.39, 0.29) is 18.0 Å². The molecule has 1 aliphatic rings. The van der Waals surface area contributed by atoms with Crippen LogP contribution in [0.2, 0.25) is 0 Å². The van der Waals surface area contributed by atoms with Crippen molar-refractivity contribution in [3.05, 3.63) is 29.6 Å². The van der Waals surface area contributed by atoms with Crippen molar-refractivity contribution in [2.75, 3.05) is 20.2 Å². The van der Waals surface area contributed by atoms with E-state index in [2.05, 4.69) is 0 Å². The van der Waals surface area contributed by atoms with Crippen molar-refractivity contribution in [3.8, 4) is 5.75 Å². The number of methoxy groups -OCH3 is 1. The van der Waals surface area contributed by atoms with E-state index < -0.39 is 23.6 Å². The standard InChI is InChI=1S/C15H18FNO4/c1-9-5-10(15(19)20)8-17(7-9)14(18)12-4-3-11(21-2)6-13(12)16/h3-4,6,9-10H,5,7-8H2,1-2H3,(H,19,20). The smallest absolute Gasteiger partial charge is 0.308 e. The van der Waals surface area contributed by atoms with Crippen LogP contribution in [0.1, 0.15) is 23.7 Å². The lowest BCUT2D eigenvalue weighted by molar-refractivity contribution is -0.143. The zero-order valence-electron chi connectivity index (χ0n) is 12.0. The molecule has 0 bridgehead atoms. The van der Waals surface area contributed by atoms with E-state index in [1.54, 1.807) is 0 Å². The van der Waals surface area contributed by atoms with Crippen molar-refractivity contribution < 1.29 is 23.8 Å². The van der Waals surface area contributed by atoms with Gasteiger partial charge in [0.2, 0.25) is 0 Å². The summed E-state index contributed by atoms with van der Waals surface area (Å²) >= 11 is 0. The lowest BCUT2D eigenvalue weighted by Gasteiger charge is -2.34. The number of piperidine rings is 1. The minimum atomic E-state index is -0.922. The maximum absolute atomic E-state index is 14.0. The summed E-state index contributed by atoms with van der Waals surface area (Å²) in [6.07, 6.45) is 0.532. The number of aliphatic carboxylic acids is 1. The van der Waals surface area contributed by atoms with Crippen LogP contribution in [0.25, 0.3) is 0 Å². The molecule has 1 aromatic carbocycles. The molecule has 2 atom stereocenters. The fourth-order valence-corrected chi connectivity index (χ4v) is 2.66. The minimum Gasteiger partial charge on any atom is -0.497 e. The number of halogens is 1. The highest BCUT2D eigenvalue weighted by molar-refractivity contribution is 5.95. The molecule has 2 rings (SSSR count). The summed E-state index contributed by atoms with van der Waals surface area (Å²) in [6.45, 7) is 2.44. The largest absolute Gasteiger partial charge is 0.497 e. The molecule has 114 valence electrons. The van der Waals surface area contributed by atoms with Gasteiger partial charge in [0.05, 0.1) is 18.6 Å². The maximum Gasteiger partial charge on any atom is 0.308 e. The van der Waals surface area contributed by atoms with E-state index in [1.165, 1.54) is 24.1 Å². The predicted molar refractivity (Wildman–Crippen MR) is 73.8 cm³/mol. The first kappa shape index (κ1) is 15.3.